The van der Waals surface area contributed by atoms with E-state index < -0.39 is 0 Å². The van der Waals surface area contributed by atoms with Crippen LogP contribution in [0.25, 0.3) is 97.0 Å². The Labute approximate surface area is 345 Å². The van der Waals surface area contributed by atoms with Gasteiger partial charge in [-0.25, -0.2) is 0 Å². The van der Waals surface area contributed by atoms with Crippen LogP contribution in [0.15, 0.2) is 217 Å². The molecular weight excluding hydrogens is 735 g/mol. The molecule has 10 aromatic carbocycles. The molecular formula is C56H35NOS. The standard InChI is InChI=1S/C56H35NOS/c1-2-14-36(15-3-1)41-18-8-10-26-51(41)57(40-30-28-37(29-31-40)42-22-12-25-49-46-21-9-11-27-54(46)59-56(42)49)52-33-32-44(43-19-6-7-20-45(43)52)47-23-13-24-48-50-34-38-16-4-5-17-39(38)35-53(50)58-55(47)48/h1-35H. The molecule has 0 N–H and O–H groups in total. The van der Waals surface area contributed by atoms with Gasteiger partial charge in [-0.15, -0.1) is 11.3 Å². The fraction of sp³-hybridized carbons (Fsp3) is 0. The molecule has 0 aliphatic rings. The van der Waals surface area contributed by atoms with Gasteiger partial charge in [0.05, 0.1) is 11.4 Å². The molecule has 2 heterocycles. The van der Waals surface area contributed by atoms with Crippen LogP contribution in [0.2, 0.25) is 0 Å². The maximum Gasteiger partial charge on any atom is 0.143 e. The lowest BCUT2D eigenvalue weighted by Gasteiger charge is -2.29. The molecule has 59 heavy (non-hydrogen) atoms. The smallest absolute Gasteiger partial charge is 0.143 e. The van der Waals surface area contributed by atoms with Crippen LogP contribution < -0.4 is 4.90 Å². The van der Waals surface area contributed by atoms with Crippen molar-refractivity contribution in [2.24, 2.45) is 0 Å². The van der Waals surface area contributed by atoms with Crippen LogP contribution in [0.3, 0.4) is 0 Å². The van der Waals surface area contributed by atoms with Crippen molar-refractivity contribution in [1.29, 1.82) is 0 Å². The number of hydrogen-bond donors (Lipinski definition) is 0. The van der Waals surface area contributed by atoms with Gasteiger partial charge in [0.2, 0.25) is 0 Å². The van der Waals surface area contributed by atoms with Crippen molar-refractivity contribution in [3.8, 4) is 33.4 Å². The summed E-state index contributed by atoms with van der Waals surface area (Å²) < 4.78 is 9.39. The van der Waals surface area contributed by atoms with Gasteiger partial charge < -0.3 is 9.32 Å². The fourth-order valence-corrected chi connectivity index (χ4v) is 10.3. The predicted molar refractivity (Wildman–Crippen MR) is 253 cm³/mol. The number of nitrogens with zero attached hydrogens (tertiary/aromatic N) is 1. The third-order valence-electron chi connectivity index (χ3n) is 11.9. The second kappa shape index (κ2) is 13.6. The van der Waals surface area contributed by atoms with Crippen molar-refractivity contribution in [2.45, 2.75) is 0 Å². The molecule has 0 atom stereocenters. The number of rotatable bonds is 6. The molecule has 0 fully saturated rings. The minimum atomic E-state index is 0.905. The van der Waals surface area contributed by atoms with Gasteiger partial charge in [0.25, 0.3) is 0 Å². The lowest BCUT2D eigenvalue weighted by molar-refractivity contribution is 0.670. The predicted octanol–water partition coefficient (Wildman–Crippen LogP) is 16.7. The Morgan fingerprint density at radius 3 is 1.83 bits per heavy atom. The summed E-state index contributed by atoms with van der Waals surface area (Å²) in [5.74, 6) is 0. The molecule has 3 heteroatoms. The first-order valence-electron chi connectivity index (χ1n) is 20.1. The van der Waals surface area contributed by atoms with Gasteiger partial charge in [-0.1, -0.05) is 170 Å². The first kappa shape index (κ1) is 33.7. The molecule has 2 aromatic heterocycles. The Morgan fingerprint density at radius 2 is 0.983 bits per heavy atom. The number of hydrogen-bond acceptors (Lipinski definition) is 3. The van der Waals surface area contributed by atoms with Crippen molar-refractivity contribution in [3.63, 3.8) is 0 Å². The fourth-order valence-electron chi connectivity index (χ4n) is 9.11. The highest BCUT2D eigenvalue weighted by molar-refractivity contribution is 7.26. The van der Waals surface area contributed by atoms with Crippen molar-refractivity contribution in [2.75, 3.05) is 4.90 Å². The molecule has 0 spiro atoms. The summed E-state index contributed by atoms with van der Waals surface area (Å²) >= 11 is 1.87. The van der Waals surface area contributed by atoms with Crippen LogP contribution >= 0.6 is 11.3 Å². The van der Waals surface area contributed by atoms with Crippen molar-refractivity contribution < 1.29 is 4.42 Å². The minimum Gasteiger partial charge on any atom is -0.455 e. The van der Waals surface area contributed by atoms with Crippen LogP contribution in [-0.2, 0) is 0 Å². The summed E-state index contributed by atoms with van der Waals surface area (Å²) in [6.45, 7) is 0. The summed E-state index contributed by atoms with van der Waals surface area (Å²) in [5.41, 5.74) is 12.1. The lowest BCUT2D eigenvalue weighted by Crippen LogP contribution is -2.12. The first-order chi connectivity index (χ1) is 29.3. The topological polar surface area (TPSA) is 16.4 Å². The highest BCUT2D eigenvalue weighted by Crippen LogP contribution is 2.47. The average Bonchev–Trinajstić information content (AvgIpc) is 3.87. The summed E-state index contributed by atoms with van der Waals surface area (Å²) in [4.78, 5) is 2.44. The van der Waals surface area contributed by atoms with Crippen molar-refractivity contribution in [3.05, 3.63) is 212 Å². The quantitative estimate of drug-likeness (QED) is 0.167. The Balaban J connectivity index is 1.05. The van der Waals surface area contributed by atoms with E-state index in [-0.39, 0.29) is 0 Å². The molecule has 12 rings (SSSR count). The molecule has 0 aliphatic carbocycles. The lowest BCUT2D eigenvalue weighted by atomic mass is 9.94. The molecule has 0 amide bonds. The summed E-state index contributed by atoms with van der Waals surface area (Å²) in [5, 5.41) is 9.60. The van der Waals surface area contributed by atoms with E-state index >= 15 is 0 Å². The molecule has 0 bridgehead atoms. The number of benzene rings is 10. The van der Waals surface area contributed by atoms with Crippen LogP contribution in [0, 0.1) is 0 Å². The van der Waals surface area contributed by atoms with Crippen LogP contribution in [0.4, 0.5) is 17.1 Å². The van der Waals surface area contributed by atoms with E-state index in [0.29, 0.717) is 0 Å². The highest BCUT2D eigenvalue weighted by atomic mass is 32.1. The monoisotopic (exact) mass is 769 g/mol. The molecule has 0 unspecified atom stereocenters. The van der Waals surface area contributed by atoms with Crippen molar-refractivity contribution >= 4 is 92.1 Å². The maximum absolute atomic E-state index is 6.76. The highest BCUT2D eigenvalue weighted by Gasteiger charge is 2.22. The van der Waals surface area contributed by atoms with E-state index in [2.05, 4.69) is 217 Å². The normalized spacial score (nSPS) is 11.7. The van der Waals surface area contributed by atoms with E-state index in [1.165, 1.54) is 58.6 Å². The number of furan rings is 1. The maximum atomic E-state index is 6.76. The Hall–Kier alpha value is -7.46. The van der Waals surface area contributed by atoms with Gasteiger partial charge in [0.15, 0.2) is 0 Å². The van der Waals surface area contributed by atoms with E-state index in [1.807, 2.05) is 11.3 Å². The number of fused-ring (bicyclic) bond motifs is 8. The summed E-state index contributed by atoms with van der Waals surface area (Å²) in [6.07, 6.45) is 0. The number of anilines is 3. The molecule has 0 aliphatic heterocycles. The zero-order valence-corrected chi connectivity index (χ0v) is 32.8. The van der Waals surface area contributed by atoms with Crippen LogP contribution in [0.1, 0.15) is 0 Å². The van der Waals surface area contributed by atoms with Gasteiger partial charge >= 0.3 is 0 Å². The molecule has 2 nitrogen and oxygen atoms in total. The summed E-state index contributed by atoms with van der Waals surface area (Å²) in [6, 6.07) is 76.9. The van der Waals surface area contributed by atoms with Gasteiger partial charge in [-0.3, -0.25) is 0 Å². The molecule has 0 radical (unpaired) electrons. The average molecular weight is 770 g/mol. The largest absolute Gasteiger partial charge is 0.455 e. The van der Waals surface area contributed by atoms with E-state index in [1.54, 1.807) is 0 Å². The van der Waals surface area contributed by atoms with Gasteiger partial charge in [0, 0.05) is 53.1 Å². The third-order valence-corrected chi connectivity index (χ3v) is 13.1. The van der Waals surface area contributed by atoms with Crippen molar-refractivity contribution in [1.82, 2.24) is 0 Å². The van der Waals surface area contributed by atoms with E-state index in [9.17, 15) is 0 Å². The van der Waals surface area contributed by atoms with Crippen LogP contribution in [-0.4, -0.2) is 0 Å². The van der Waals surface area contributed by atoms with E-state index in [0.717, 1.165) is 55.5 Å². The Morgan fingerprint density at radius 1 is 0.356 bits per heavy atom. The third kappa shape index (κ3) is 5.47. The Bertz CT molecular complexity index is 3560. The zero-order valence-electron chi connectivity index (χ0n) is 32.0. The molecule has 0 saturated heterocycles. The molecule has 276 valence electrons. The zero-order chi connectivity index (χ0) is 38.9. The summed E-state index contributed by atoms with van der Waals surface area (Å²) in [7, 11) is 0. The second-order valence-electron chi connectivity index (χ2n) is 15.2. The molecule has 12 aromatic rings. The van der Waals surface area contributed by atoms with Gasteiger partial charge in [-0.05, 0) is 80.9 Å². The first-order valence-corrected chi connectivity index (χ1v) is 20.9. The van der Waals surface area contributed by atoms with E-state index in [4.69, 9.17) is 4.42 Å². The minimum absolute atomic E-state index is 0.905. The Kier molecular flexibility index (Phi) is 7.75. The van der Waals surface area contributed by atoms with Crippen LogP contribution in [0.5, 0.6) is 0 Å². The number of thiophene rings is 1. The van der Waals surface area contributed by atoms with Gasteiger partial charge in [-0.2, -0.15) is 0 Å². The molecule has 0 saturated carbocycles. The van der Waals surface area contributed by atoms with Gasteiger partial charge in [0.1, 0.15) is 11.2 Å². The SMILES string of the molecule is c1ccc(-c2ccccc2N(c2ccc(-c3cccc4c3sc3ccccc34)cc2)c2ccc(-c3cccc4c3oc3cc5ccccc5cc34)c3ccccc23)cc1. The second-order valence-corrected chi connectivity index (χ2v) is 16.3. The number of para-hydroxylation sites is 2.